The molecule has 0 aliphatic carbocycles. The first-order valence-electron chi connectivity index (χ1n) is 6.26. The summed E-state index contributed by atoms with van der Waals surface area (Å²) in [6.07, 6.45) is 8.01. The van der Waals surface area contributed by atoms with Crippen LogP contribution < -0.4 is 5.73 Å². The van der Waals surface area contributed by atoms with Gasteiger partial charge in [0.15, 0.2) is 0 Å². The van der Waals surface area contributed by atoms with Crippen molar-refractivity contribution in [2.24, 2.45) is 10.7 Å². The van der Waals surface area contributed by atoms with Crippen molar-refractivity contribution >= 4 is 30.2 Å². The molecule has 2 aromatic rings. The average molecular weight is 282 g/mol. The number of aromatic nitrogens is 2. The molecule has 20 heavy (non-hydrogen) atoms. The fraction of sp³-hybridized carbons (Fsp3) is 0.133. The van der Waals surface area contributed by atoms with Crippen molar-refractivity contribution in [2.45, 2.75) is 18.2 Å². The van der Waals surface area contributed by atoms with Crippen LogP contribution in [0.5, 0.6) is 0 Å². The number of pyridine rings is 2. The zero-order valence-corrected chi connectivity index (χ0v) is 11.9. The number of amidine groups is 1. The Labute approximate surface area is 122 Å². The first kappa shape index (κ1) is 12.9. The Bertz CT molecular complexity index is 734. The first-order chi connectivity index (χ1) is 9.61. The van der Waals surface area contributed by atoms with Gasteiger partial charge in [-0.1, -0.05) is 5.57 Å². The molecule has 1 aliphatic heterocycles. The van der Waals surface area contributed by atoms with E-state index >= 15 is 0 Å². The molecule has 1 aliphatic rings. The lowest BCUT2D eigenvalue weighted by molar-refractivity contribution is 1.23. The van der Waals surface area contributed by atoms with E-state index in [4.69, 9.17) is 5.73 Å². The third-order valence-corrected chi connectivity index (χ3v) is 3.31. The fourth-order valence-corrected chi connectivity index (χ4v) is 2.38. The molecule has 0 fully saturated rings. The van der Waals surface area contributed by atoms with Crippen LogP contribution in [-0.2, 0) is 0 Å². The molecule has 0 saturated heterocycles. The van der Waals surface area contributed by atoms with Crippen LogP contribution in [0.15, 0.2) is 46.2 Å². The van der Waals surface area contributed by atoms with E-state index in [0.29, 0.717) is 12.3 Å². The number of thiol groups is 1. The Balaban J connectivity index is 2.12. The van der Waals surface area contributed by atoms with Crippen molar-refractivity contribution in [3.8, 4) is 11.1 Å². The van der Waals surface area contributed by atoms with Crippen molar-refractivity contribution in [3.05, 3.63) is 42.0 Å². The van der Waals surface area contributed by atoms with Gasteiger partial charge in [-0.25, -0.2) is 4.99 Å². The molecule has 0 radical (unpaired) electrons. The average Bonchev–Trinajstić information content (AvgIpc) is 2.54. The van der Waals surface area contributed by atoms with Crippen LogP contribution in [0.1, 0.15) is 19.0 Å². The number of fused-ring (bicyclic) bond motifs is 1. The first-order valence-corrected chi connectivity index (χ1v) is 6.71. The highest BCUT2D eigenvalue weighted by atomic mass is 32.1. The minimum Gasteiger partial charge on any atom is -0.387 e. The van der Waals surface area contributed by atoms with E-state index < -0.39 is 0 Å². The number of nitrogens with zero attached hydrogens (tertiary/aromatic N) is 3. The molecule has 0 saturated carbocycles. The van der Waals surface area contributed by atoms with Gasteiger partial charge >= 0.3 is 0 Å². The monoisotopic (exact) mass is 282 g/mol. The standard InChI is InChI=1S/C15H14N4S/c1-9-2-13-14(19-15(16)3-9)5-11(7-18-13)10-4-12(20)8-17-6-10/h2,4-8,20H,3H2,1H3,(H2,16,19). The molecule has 5 heteroatoms. The topological polar surface area (TPSA) is 64.2 Å². The van der Waals surface area contributed by atoms with Gasteiger partial charge in [0, 0.05) is 41.0 Å². The summed E-state index contributed by atoms with van der Waals surface area (Å²) in [5.41, 5.74) is 10.6. The lowest BCUT2D eigenvalue weighted by Gasteiger charge is -2.05. The maximum atomic E-state index is 5.91. The molecule has 0 atom stereocenters. The van der Waals surface area contributed by atoms with E-state index in [2.05, 4.69) is 27.6 Å². The number of nitrogens with two attached hydrogens (primary N) is 1. The molecular weight excluding hydrogens is 268 g/mol. The molecule has 0 aromatic carbocycles. The van der Waals surface area contributed by atoms with Gasteiger partial charge in [0.25, 0.3) is 0 Å². The molecule has 2 N–H and O–H groups in total. The minimum absolute atomic E-state index is 0.609. The molecule has 3 heterocycles. The summed E-state index contributed by atoms with van der Waals surface area (Å²) in [4.78, 5) is 13.9. The van der Waals surface area contributed by atoms with Crippen LogP contribution in [0.4, 0.5) is 5.69 Å². The van der Waals surface area contributed by atoms with Crippen molar-refractivity contribution in [3.63, 3.8) is 0 Å². The summed E-state index contributed by atoms with van der Waals surface area (Å²) in [5, 5.41) is 0. The fourth-order valence-electron chi connectivity index (χ4n) is 2.17. The Morgan fingerprint density at radius 3 is 2.75 bits per heavy atom. The van der Waals surface area contributed by atoms with Crippen LogP contribution in [-0.4, -0.2) is 15.8 Å². The molecular formula is C15H14N4S. The van der Waals surface area contributed by atoms with Crippen LogP contribution >= 0.6 is 12.6 Å². The van der Waals surface area contributed by atoms with Gasteiger partial charge in [0.2, 0.25) is 0 Å². The Morgan fingerprint density at radius 2 is 1.95 bits per heavy atom. The highest BCUT2D eigenvalue weighted by molar-refractivity contribution is 7.80. The van der Waals surface area contributed by atoms with Gasteiger partial charge in [-0.15, -0.1) is 12.6 Å². The van der Waals surface area contributed by atoms with E-state index in [1.807, 2.05) is 31.3 Å². The zero-order valence-electron chi connectivity index (χ0n) is 11.0. The predicted octanol–water partition coefficient (Wildman–Crippen LogP) is 3.23. The second-order valence-electron chi connectivity index (χ2n) is 4.83. The summed E-state index contributed by atoms with van der Waals surface area (Å²) < 4.78 is 0. The van der Waals surface area contributed by atoms with Crippen LogP contribution in [0, 0.1) is 0 Å². The molecule has 100 valence electrons. The Morgan fingerprint density at radius 1 is 1.15 bits per heavy atom. The number of aliphatic imine (C=N–C) groups is 1. The van der Waals surface area contributed by atoms with Crippen LogP contribution in [0.25, 0.3) is 17.2 Å². The summed E-state index contributed by atoms with van der Waals surface area (Å²) >= 11 is 4.31. The van der Waals surface area contributed by atoms with Gasteiger partial charge in [0.1, 0.15) is 5.84 Å². The van der Waals surface area contributed by atoms with Gasteiger partial charge in [0.05, 0.1) is 11.4 Å². The second-order valence-corrected chi connectivity index (χ2v) is 5.35. The second kappa shape index (κ2) is 5.09. The maximum absolute atomic E-state index is 5.91. The van der Waals surface area contributed by atoms with E-state index in [-0.39, 0.29) is 0 Å². The molecule has 0 bridgehead atoms. The third kappa shape index (κ3) is 2.58. The summed E-state index contributed by atoms with van der Waals surface area (Å²) in [6.45, 7) is 2.03. The van der Waals surface area contributed by atoms with Gasteiger partial charge in [-0.2, -0.15) is 0 Å². The number of rotatable bonds is 1. The minimum atomic E-state index is 0.609. The highest BCUT2D eigenvalue weighted by Gasteiger charge is 2.10. The number of hydrogen-bond donors (Lipinski definition) is 2. The SMILES string of the molecule is CC1=Cc2ncc(-c3cncc(S)c3)cc2N=C(N)C1. The Hall–Kier alpha value is -2.14. The molecule has 0 amide bonds. The molecule has 0 unspecified atom stereocenters. The lowest BCUT2D eigenvalue weighted by Crippen LogP contribution is -2.10. The van der Waals surface area contributed by atoms with Crippen molar-refractivity contribution < 1.29 is 0 Å². The highest BCUT2D eigenvalue weighted by Crippen LogP contribution is 2.29. The van der Waals surface area contributed by atoms with Gasteiger partial charge < -0.3 is 5.73 Å². The van der Waals surface area contributed by atoms with Crippen molar-refractivity contribution in [2.75, 3.05) is 0 Å². The number of hydrogen-bond acceptors (Lipinski definition) is 5. The predicted molar refractivity (Wildman–Crippen MR) is 84.3 cm³/mol. The van der Waals surface area contributed by atoms with E-state index in [9.17, 15) is 0 Å². The quantitative estimate of drug-likeness (QED) is 0.789. The van der Waals surface area contributed by atoms with E-state index in [1.54, 1.807) is 12.4 Å². The van der Waals surface area contributed by atoms with E-state index in [0.717, 1.165) is 33.0 Å². The normalized spacial score (nSPS) is 14.1. The lowest BCUT2D eigenvalue weighted by atomic mass is 10.1. The van der Waals surface area contributed by atoms with Gasteiger partial charge in [-0.3, -0.25) is 9.97 Å². The summed E-state index contributed by atoms with van der Waals surface area (Å²) in [5.74, 6) is 0.609. The Kier molecular flexibility index (Phi) is 3.28. The summed E-state index contributed by atoms with van der Waals surface area (Å²) in [7, 11) is 0. The molecule has 0 spiro atoms. The largest absolute Gasteiger partial charge is 0.387 e. The third-order valence-electron chi connectivity index (χ3n) is 3.06. The van der Waals surface area contributed by atoms with Crippen LogP contribution in [0.2, 0.25) is 0 Å². The molecule has 2 aromatic heterocycles. The molecule has 3 rings (SSSR count). The maximum Gasteiger partial charge on any atom is 0.104 e. The zero-order chi connectivity index (χ0) is 14.1. The van der Waals surface area contributed by atoms with Crippen molar-refractivity contribution in [1.82, 2.24) is 9.97 Å². The smallest absolute Gasteiger partial charge is 0.104 e. The summed E-state index contributed by atoms with van der Waals surface area (Å²) in [6, 6.07) is 3.93. The van der Waals surface area contributed by atoms with Crippen molar-refractivity contribution in [1.29, 1.82) is 0 Å². The molecule has 4 nitrogen and oxygen atoms in total. The van der Waals surface area contributed by atoms with Gasteiger partial charge in [-0.05, 0) is 25.1 Å². The van der Waals surface area contributed by atoms with E-state index in [1.165, 1.54) is 0 Å². The van der Waals surface area contributed by atoms with Crippen LogP contribution in [0.3, 0.4) is 0 Å².